The zero-order valence-corrected chi connectivity index (χ0v) is 24.6. The lowest BCUT2D eigenvalue weighted by atomic mass is 9.70. The first-order valence-electron chi connectivity index (χ1n) is 13.6. The van der Waals surface area contributed by atoms with Gasteiger partial charge in [-0.2, -0.15) is 26.3 Å². The van der Waals surface area contributed by atoms with Gasteiger partial charge in [-0.05, 0) is 69.2 Å². The van der Waals surface area contributed by atoms with E-state index in [1.54, 1.807) is 20.8 Å². The fraction of sp³-hybridized carbons (Fsp3) is 0.467. The maximum absolute atomic E-state index is 13.3. The summed E-state index contributed by atoms with van der Waals surface area (Å²) in [5.74, 6) is 0.0977. The topological polar surface area (TPSA) is 88.2 Å². The van der Waals surface area contributed by atoms with Crippen LogP contribution < -0.4 is 16.4 Å². The number of hydrogen-bond acceptors (Lipinski definition) is 4. The molecule has 5 rings (SSSR count). The van der Waals surface area contributed by atoms with Crippen LogP contribution in [0.1, 0.15) is 82.7 Å². The van der Waals surface area contributed by atoms with Gasteiger partial charge >= 0.3 is 18.4 Å². The van der Waals surface area contributed by atoms with Crippen molar-refractivity contribution < 1.29 is 35.9 Å². The number of anilines is 1. The van der Waals surface area contributed by atoms with Gasteiger partial charge < -0.3 is 4.74 Å². The van der Waals surface area contributed by atoms with Gasteiger partial charge in [0.1, 0.15) is 5.60 Å². The summed E-state index contributed by atoms with van der Waals surface area (Å²) in [6.45, 7) is 11.3. The average Bonchev–Trinajstić information content (AvgIpc) is 3.40. The smallest absolute Gasteiger partial charge is 0.426 e. The van der Waals surface area contributed by atoms with Crippen LogP contribution in [0.2, 0.25) is 0 Å². The highest BCUT2D eigenvalue weighted by Gasteiger charge is 2.62. The number of nitrogens with one attached hydrogen (secondary N) is 3. The van der Waals surface area contributed by atoms with Gasteiger partial charge in [0.2, 0.25) is 0 Å². The number of nitrogens with zero attached hydrogens (tertiary/aromatic N) is 1. The molecule has 43 heavy (non-hydrogen) atoms. The van der Waals surface area contributed by atoms with Crippen molar-refractivity contribution in [3.05, 3.63) is 81.3 Å². The maximum atomic E-state index is 13.3. The number of halogens is 6. The van der Waals surface area contributed by atoms with Crippen molar-refractivity contribution in [2.24, 2.45) is 5.41 Å². The van der Waals surface area contributed by atoms with Crippen LogP contribution in [-0.4, -0.2) is 21.5 Å². The number of hydrogen-bond donors (Lipinski definition) is 3. The Morgan fingerprint density at radius 2 is 1.49 bits per heavy atom. The number of benzene rings is 2. The maximum Gasteiger partial charge on any atom is 0.426 e. The van der Waals surface area contributed by atoms with Crippen LogP contribution in [0.5, 0.6) is 0 Å². The van der Waals surface area contributed by atoms with E-state index in [-0.39, 0.29) is 33.7 Å². The molecular formula is C30H34F6N4O3. The first kappa shape index (κ1) is 32.0. The number of carbonyl (C=O) groups excluding carboxylic acids is 1. The van der Waals surface area contributed by atoms with Crippen LogP contribution >= 0.6 is 0 Å². The highest BCUT2D eigenvalue weighted by Crippen LogP contribution is 2.66. The summed E-state index contributed by atoms with van der Waals surface area (Å²) in [5, 5.41) is 3.02. The monoisotopic (exact) mass is 612 g/mol. The highest BCUT2D eigenvalue weighted by molar-refractivity contribution is 5.70. The van der Waals surface area contributed by atoms with E-state index in [0.717, 1.165) is 35.4 Å². The normalized spacial score (nSPS) is 20.6. The van der Waals surface area contributed by atoms with Gasteiger partial charge in [0, 0.05) is 16.7 Å². The second-order valence-electron chi connectivity index (χ2n) is 12.5. The van der Waals surface area contributed by atoms with E-state index in [1.807, 2.05) is 0 Å². The Hall–Kier alpha value is -3.90. The molecule has 0 saturated heterocycles. The molecule has 1 fully saturated rings. The number of fused-ring (bicyclic) bond motifs is 5. The minimum absolute atomic E-state index is 0.0596. The second-order valence-corrected chi connectivity index (χ2v) is 12.5. The quantitative estimate of drug-likeness (QED) is 0.207. The highest BCUT2D eigenvalue weighted by atomic mass is 19.4. The third-order valence-electron chi connectivity index (χ3n) is 8.43. The zero-order valence-electron chi connectivity index (χ0n) is 24.6. The molecule has 2 aromatic carbocycles. The summed E-state index contributed by atoms with van der Waals surface area (Å²) >= 11 is 0. The Bertz CT molecular complexity index is 1570. The van der Waals surface area contributed by atoms with E-state index in [1.165, 1.54) is 36.4 Å². The summed E-state index contributed by atoms with van der Waals surface area (Å²) in [5.41, 5.74) is 2.35. The van der Waals surface area contributed by atoms with Gasteiger partial charge in [0.05, 0.1) is 22.5 Å². The third-order valence-corrected chi connectivity index (χ3v) is 8.43. The first-order chi connectivity index (χ1) is 19.7. The van der Waals surface area contributed by atoms with Crippen LogP contribution in [-0.2, 0) is 22.5 Å². The molecule has 3 N–H and O–H groups in total. The number of aromatic amines is 1. The molecular weight excluding hydrogens is 578 g/mol. The SMILES string of the molecule is CC(C)(C)OC(=O)NNc1ccccc1C(F)(F)F.CC1(C)[C@@H]2CC[C@@]1(C)c1[nH]n(-c3ccccc3C(F)(F)F)c(=O)c12. The summed E-state index contributed by atoms with van der Waals surface area (Å²) in [6.07, 6.45) is -8.01. The largest absolute Gasteiger partial charge is 0.443 e. The molecule has 0 radical (unpaired) electrons. The molecule has 1 heterocycles. The van der Waals surface area contributed by atoms with Crippen molar-refractivity contribution in [3.63, 3.8) is 0 Å². The molecule has 3 aromatic rings. The lowest BCUT2D eigenvalue weighted by Gasteiger charge is -2.34. The minimum atomic E-state index is -4.51. The number of amides is 1. The lowest BCUT2D eigenvalue weighted by Crippen LogP contribution is -2.36. The molecule has 2 aliphatic rings. The molecule has 7 nitrogen and oxygen atoms in total. The van der Waals surface area contributed by atoms with Crippen molar-refractivity contribution in [3.8, 4) is 5.69 Å². The van der Waals surface area contributed by atoms with E-state index in [4.69, 9.17) is 4.74 Å². The number of rotatable bonds is 3. The van der Waals surface area contributed by atoms with Gasteiger partial charge in [-0.15, -0.1) is 0 Å². The van der Waals surface area contributed by atoms with Gasteiger partial charge in [-0.1, -0.05) is 45.0 Å². The van der Waals surface area contributed by atoms with E-state index in [9.17, 15) is 35.9 Å². The first-order valence-corrected chi connectivity index (χ1v) is 13.6. The summed E-state index contributed by atoms with van der Waals surface area (Å²) < 4.78 is 83.9. The second kappa shape index (κ2) is 10.7. The van der Waals surface area contributed by atoms with E-state index in [0.29, 0.717) is 5.56 Å². The molecule has 0 spiro atoms. The number of aromatic nitrogens is 2. The Morgan fingerprint density at radius 1 is 0.930 bits per heavy atom. The van der Waals surface area contributed by atoms with E-state index in [2.05, 4.69) is 36.7 Å². The summed E-state index contributed by atoms with van der Waals surface area (Å²) in [6, 6.07) is 10.0. The number of alkyl halides is 6. The fourth-order valence-corrected chi connectivity index (χ4v) is 5.99. The van der Waals surface area contributed by atoms with Crippen LogP contribution in [0, 0.1) is 5.41 Å². The van der Waals surface area contributed by atoms with Crippen LogP contribution in [0.25, 0.3) is 5.69 Å². The predicted octanol–water partition coefficient (Wildman–Crippen LogP) is 7.92. The van der Waals surface area contributed by atoms with E-state index < -0.39 is 35.2 Å². The van der Waals surface area contributed by atoms with Gasteiger partial charge in [0.25, 0.3) is 5.56 Å². The lowest BCUT2D eigenvalue weighted by molar-refractivity contribution is -0.138. The minimum Gasteiger partial charge on any atom is -0.443 e. The fourth-order valence-electron chi connectivity index (χ4n) is 5.99. The molecule has 0 aliphatic heterocycles. The van der Waals surface area contributed by atoms with Gasteiger partial charge in [-0.25, -0.2) is 14.9 Å². The van der Waals surface area contributed by atoms with Gasteiger partial charge in [0.15, 0.2) is 0 Å². The molecule has 1 amide bonds. The summed E-state index contributed by atoms with van der Waals surface area (Å²) in [4.78, 5) is 24.2. The van der Waals surface area contributed by atoms with E-state index >= 15 is 0 Å². The third kappa shape index (κ3) is 5.98. The Morgan fingerprint density at radius 3 is 2.05 bits per heavy atom. The van der Waals surface area contributed by atoms with Crippen LogP contribution in [0.3, 0.4) is 0 Å². The van der Waals surface area contributed by atoms with Crippen molar-refractivity contribution in [2.75, 3.05) is 5.43 Å². The molecule has 1 saturated carbocycles. The Labute approximate surface area is 244 Å². The van der Waals surface area contributed by atoms with Gasteiger partial charge in [-0.3, -0.25) is 15.3 Å². The predicted molar refractivity (Wildman–Crippen MR) is 149 cm³/mol. The standard InChI is InChI=1S/C18H19F3N2O.C12H15F3N2O2/c1-16(2)11-8-9-17(16,3)14-13(11)15(24)23(22-14)12-7-5-4-6-10(12)18(19,20)21;1-11(2,3)19-10(18)17-16-9-7-5-4-6-8(9)12(13,14)15/h4-7,11,22H,8-9H2,1-3H3;4-7,16H,1-3H3,(H,17,18)/t11-,17+;/m1./s1. The number of para-hydroxylation sites is 2. The van der Waals surface area contributed by atoms with Crippen molar-refractivity contribution >= 4 is 11.8 Å². The average molecular weight is 613 g/mol. The zero-order chi connectivity index (χ0) is 32.2. The Kier molecular flexibility index (Phi) is 7.95. The Balaban J connectivity index is 0.000000204. The molecule has 13 heteroatoms. The van der Waals surface area contributed by atoms with Crippen molar-refractivity contribution in [1.29, 1.82) is 0 Å². The molecule has 2 aliphatic carbocycles. The number of hydrazine groups is 1. The van der Waals surface area contributed by atoms with Crippen molar-refractivity contribution in [2.45, 2.75) is 83.7 Å². The number of ether oxygens (including phenoxy) is 1. The molecule has 1 aromatic heterocycles. The summed E-state index contributed by atoms with van der Waals surface area (Å²) in [7, 11) is 0. The number of H-pyrrole nitrogens is 1. The van der Waals surface area contributed by atoms with Crippen molar-refractivity contribution in [1.82, 2.24) is 15.2 Å². The molecule has 234 valence electrons. The van der Waals surface area contributed by atoms with Crippen LogP contribution in [0.4, 0.5) is 36.8 Å². The molecule has 2 bridgehead atoms. The molecule has 2 atom stereocenters. The number of carbonyl (C=O) groups is 1. The van der Waals surface area contributed by atoms with Crippen LogP contribution in [0.15, 0.2) is 53.3 Å². The molecule has 0 unspecified atom stereocenters.